The molecule has 0 saturated heterocycles. The van der Waals surface area contributed by atoms with Crippen molar-refractivity contribution in [2.45, 2.75) is 0 Å². The van der Waals surface area contributed by atoms with Crippen LogP contribution in [0.25, 0.3) is 0 Å². The second kappa shape index (κ2) is 5.62. The average molecular weight is 296 g/mol. The second-order valence-electron chi connectivity index (χ2n) is 3.75. The SMILES string of the molecule is COc1cc(Cl)nc(NC(=O)c2cc(O)cc(O)c2)n1. The highest BCUT2D eigenvalue weighted by Gasteiger charge is 2.12. The monoisotopic (exact) mass is 295 g/mol. The van der Waals surface area contributed by atoms with Crippen LogP contribution in [0.5, 0.6) is 17.4 Å². The third-order valence-electron chi connectivity index (χ3n) is 2.27. The number of rotatable bonds is 3. The van der Waals surface area contributed by atoms with E-state index in [2.05, 4.69) is 15.3 Å². The van der Waals surface area contributed by atoms with Crippen LogP contribution in [0, 0.1) is 0 Å². The number of nitrogens with zero attached hydrogens (tertiary/aromatic N) is 2. The molecule has 3 N–H and O–H groups in total. The minimum atomic E-state index is -0.611. The van der Waals surface area contributed by atoms with Crippen molar-refractivity contribution in [2.24, 2.45) is 0 Å². The van der Waals surface area contributed by atoms with Gasteiger partial charge in [-0.15, -0.1) is 0 Å². The molecular formula is C12H10ClN3O4. The second-order valence-corrected chi connectivity index (χ2v) is 4.14. The van der Waals surface area contributed by atoms with Gasteiger partial charge in [0.05, 0.1) is 7.11 Å². The number of anilines is 1. The number of carbonyl (C=O) groups excluding carboxylic acids is 1. The largest absolute Gasteiger partial charge is 0.508 e. The number of benzene rings is 1. The molecule has 0 saturated carbocycles. The van der Waals surface area contributed by atoms with E-state index in [-0.39, 0.29) is 34.0 Å². The third-order valence-corrected chi connectivity index (χ3v) is 2.46. The maximum Gasteiger partial charge on any atom is 0.258 e. The molecule has 0 spiro atoms. The molecule has 8 heteroatoms. The Balaban J connectivity index is 2.25. The molecule has 0 unspecified atom stereocenters. The van der Waals surface area contributed by atoms with Gasteiger partial charge in [0.1, 0.15) is 16.7 Å². The number of carbonyl (C=O) groups is 1. The Labute approximate surface area is 118 Å². The highest BCUT2D eigenvalue weighted by atomic mass is 35.5. The number of phenolic OH excluding ortho intramolecular Hbond substituents is 2. The van der Waals surface area contributed by atoms with Gasteiger partial charge in [0, 0.05) is 17.7 Å². The molecule has 0 radical (unpaired) electrons. The fourth-order valence-electron chi connectivity index (χ4n) is 1.46. The molecule has 0 fully saturated rings. The topological polar surface area (TPSA) is 105 Å². The summed E-state index contributed by atoms with van der Waals surface area (Å²) in [6.07, 6.45) is 0. The minimum absolute atomic E-state index is 0.0463. The van der Waals surface area contributed by atoms with E-state index in [1.54, 1.807) is 0 Å². The van der Waals surface area contributed by atoms with Gasteiger partial charge in [-0.2, -0.15) is 4.98 Å². The average Bonchev–Trinajstić information content (AvgIpc) is 2.36. The summed E-state index contributed by atoms with van der Waals surface area (Å²) in [6, 6.07) is 4.88. The lowest BCUT2D eigenvalue weighted by molar-refractivity contribution is 0.102. The molecule has 0 aliphatic carbocycles. The Bertz CT molecular complexity index is 643. The minimum Gasteiger partial charge on any atom is -0.508 e. The van der Waals surface area contributed by atoms with Crippen LogP contribution < -0.4 is 10.1 Å². The first-order valence-corrected chi connectivity index (χ1v) is 5.78. The fraction of sp³-hybridized carbons (Fsp3) is 0.0833. The molecule has 1 heterocycles. The zero-order valence-electron chi connectivity index (χ0n) is 10.3. The van der Waals surface area contributed by atoms with E-state index in [0.29, 0.717) is 0 Å². The van der Waals surface area contributed by atoms with E-state index in [4.69, 9.17) is 16.3 Å². The van der Waals surface area contributed by atoms with Gasteiger partial charge in [-0.05, 0) is 12.1 Å². The zero-order chi connectivity index (χ0) is 14.7. The quantitative estimate of drug-likeness (QED) is 0.746. The summed E-state index contributed by atoms with van der Waals surface area (Å²) in [6.45, 7) is 0. The lowest BCUT2D eigenvalue weighted by atomic mass is 10.2. The van der Waals surface area contributed by atoms with Gasteiger partial charge in [-0.3, -0.25) is 10.1 Å². The fourth-order valence-corrected chi connectivity index (χ4v) is 1.63. The first-order valence-electron chi connectivity index (χ1n) is 5.41. The number of phenols is 2. The summed E-state index contributed by atoms with van der Waals surface area (Å²) in [5, 5.41) is 21.1. The van der Waals surface area contributed by atoms with Crippen LogP contribution in [0.3, 0.4) is 0 Å². The molecule has 20 heavy (non-hydrogen) atoms. The highest BCUT2D eigenvalue weighted by Crippen LogP contribution is 2.21. The first-order chi connectivity index (χ1) is 9.47. The van der Waals surface area contributed by atoms with Crippen molar-refractivity contribution < 1.29 is 19.7 Å². The number of nitrogens with one attached hydrogen (secondary N) is 1. The molecule has 0 aliphatic rings. The van der Waals surface area contributed by atoms with Crippen molar-refractivity contribution >= 4 is 23.5 Å². The number of halogens is 1. The summed E-state index contributed by atoms with van der Waals surface area (Å²) in [4.78, 5) is 19.6. The molecule has 2 rings (SSSR count). The number of methoxy groups -OCH3 is 1. The van der Waals surface area contributed by atoms with Crippen LogP contribution in [0.4, 0.5) is 5.95 Å². The van der Waals surface area contributed by atoms with Gasteiger partial charge in [-0.1, -0.05) is 11.6 Å². The van der Waals surface area contributed by atoms with Gasteiger partial charge in [-0.25, -0.2) is 4.98 Å². The van der Waals surface area contributed by atoms with Crippen LogP contribution in [0.2, 0.25) is 5.15 Å². The van der Waals surface area contributed by atoms with E-state index >= 15 is 0 Å². The summed E-state index contributed by atoms with van der Waals surface area (Å²) in [7, 11) is 1.40. The van der Waals surface area contributed by atoms with E-state index in [9.17, 15) is 15.0 Å². The molecule has 1 aromatic carbocycles. The predicted molar refractivity (Wildman–Crippen MR) is 71.3 cm³/mol. The van der Waals surface area contributed by atoms with E-state index in [1.807, 2.05) is 0 Å². The Hall–Kier alpha value is -2.54. The smallest absolute Gasteiger partial charge is 0.258 e. The molecule has 1 amide bonds. The molecule has 0 atom stereocenters. The van der Waals surface area contributed by atoms with Gasteiger partial charge < -0.3 is 14.9 Å². The Morgan fingerprint density at radius 3 is 2.45 bits per heavy atom. The summed E-state index contributed by atoms with van der Waals surface area (Å²) in [5.41, 5.74) is 0.0463. The van der Waals surface area contributed by atoms with Crippen molar-refractivity contribution in [3.05, 3.63) is 35.0 Å². The number of hydrogen-bond acceptors (Lipinski definition) is 6. The molecule has 1 aromatic heterocycles. The summed E-state index contributed by atoms with van der Waals surface area (Å²) in [5.74, 6) is -0.943. The van der Waals surface area contributed by atoms with Crippen LogP contribution in [0.15, 0.2) is 24.3 Å². The summed E-state index contributed by atoms with van der Waals surface area (Å²) < 4.78 is 4.89. The first kappa shape index (κ1) is 13.9. The normalized spacial score (nSPS) is 10.1. The van der Waals surface area contributed by atoms with E-state index < -0.39 is 5.91 Å². The lowest BCUT2D eigenvalue weighted by Crippen LogP contribution is -2.14. The van der Waals surface area contributed by atoms with Crippen LogP contribution >= 0.6 is 11.6 Å². The van der Waals surface area contributed by atoms with Crippen LogP contribution in [-0.4, -0.2) is 33.2 Å². The van der Waals surface area contributed by atoms with Gasteiger partial charge in [0.15, 0.2) is 0 Å². The van der Waals surface area contributed by atoms with Gasteiger partial charge >= 0.3 is 0 Å². The Kier molecular flexibility index (Phi) is 3.90. The molecule has 104 valence electrons. The number of aromatic hydroxyl groups is 2. The number of amides is 1. The third kappa shape index (κ3) is 3.27. The molecule has 0 bridgehead atoms. The van der Waals surface area contributed by atoms with Crippen molar-refractivity contribution in [1.29, 1.82) is 0 Å². The molecular weight excluding hydrogens is 286 g/mol. The maximum atomic E-state index is 11.9. The highest BCUT2D eigenvalue weighted by molar-refractivity contribution is 6.29. The van der Waals surface area contributed by atoms with Crippen molar-refractivity contribution in [3.63, 3.8) is 0 Å². The molecule has 0 aliphatic heterocycles. The van der Waals surface area contributed by atoms with Gasteiger partial charge in [0.2, 0.25) is 11.8 Å². The number of ether oxygens (including phenoxy) is 1. The summed E-state index contributed by atoms with van der Waals surface area (Å²) >= 11 is 5.75. The number of hydrogen-bond donors (Lipinski definition) is 3. The lowest BCUT2D eigenvalue weighted by Gasteiger charge is -2.06. The van der Waals surface area contributed by atoms with E-state index in [0.717, 1.165) is 6.07 Å². The van der Waals surface area contributed by atoms with Crippen LogP contribution in [-0.2, 0) is 0 Å². The Morgan fingerprint density at radius 1 is 1.20 bits per heavy atom. The maximum absolute atomic E-state index is 11.9. The molecule has 2 aromatic rings. The van der Waals surface area contributed by atoms with E-state index in [1.165, 1.54) is 25.3 Å². The zero-order valence-corrected chi connectivity index (χ0v) is 11.0. The van der Waals surface area contributed by atoms with Gasteiger partial charge in [0.25, 0.3) is 5.91 Å². The van der Waals surface area contributed by atoms with Crippen molar-refractivity contribution in [1.82, 2.24) is 9.97 Å². The van der Waals surface area contributed by atoms with Crippen molar-refractivity contribution in [2.75, 3.05) is 12.4 Å². The van der Waals surface area contributed by atoms with Crippen molar-refractivity contribution in [3.8, 4) is 17.4 Å². The molecule has 7 nitrogen and oxygen atoms in total. The predicted octanol–water partition coefficient (Wildman–Crippen LogP) is 1.80. The Morgan fingerprint density at radius 2 is 1.85 bits per heavy atom. The number of aromatic nitrogens is 2. The standard InChI is InChI=1S/C12H10ClN3O4/c1-20-10-5-9(13)14-12(15-10)16-11(19)6-2-7(17)4-8(18)3-6/h2-5,17-18H,1H3,(H,14,15,16,19). The van der Waals surface area contributed by atoms with Crippen LogP contribution in [0.1, 0.15) is 10.4 Å².